The van der Waals surface area contributed by atoms with Crippen LogP contribution in [-0.4, -0.2) is 37.3 Å². The number of nitrogens with zero attached hydrogens (tertiary/aromatic N) is 3. The minimum Gasteiger partial charge on any atom is -0.550 e. The van der Waals surface area contributed by atoms with Crippen molar-refractivity contribution in [2.75, 3.05) is 23.5 Å². The number of para-hydroxylation sites is 2. The van der Waals surface area contributed by atoms with Gasteiger partial charge in [0.15, 0.2) is 12.3 Å². The zero-order chi connectivity index (χ0) is 41.5. The summed E-state index contributed by atoms with van der Waals surface area (Å²) in [6.07, 6.45) is 10.5. The van der Waals surface area contributed by atoms with Crippen molar-refractivity contribution in [1.82, 2.24) is 0 Å². The number of esters is 1. The van der Waals surface area contributed by atoms with E-state index >= 15 is 0 Å². The van der Waals surface area contributed by atoms with Crippen molar-refractivity contribution < 1.29 is 38.7 Å². The fourth-order valence-corrected chi connectivity index (χ4v) is 9.51. The van der Waals surface area contributed by atoms with Gasteiger partial charge in [0.1, 0.15) is 4.70 Å². The number of anilines is 3. The lowest BCUT2D eigenvalue weighted by molar-refractivity contribution is -0.669. The number of hydrogen-bond acceptors (Lipinski definition) is 11. The van der Waals surface area contributed by atoms with E-state index in [9.17, 15) is 29.4 Å². The molecule has 12 heteroatoms. The third-order valence-electron chi connectivity index (χ3n) is 10.2. The number of rotatable bonds is 16. The number of aryl methyl sites for hydroxylation is 1. The molecule has 7 rings (SSSR count). The molecule has 0 bridgehead atoms. The zero-order valence-corrected chi connectivity index (χ0v) is 34.4. The number of ether oxygens (including phenoxy) is 1. The first-order chi connectivity index (χ1) is 28.6. The summed E-state index contributed by atoms with van der Waals surface area (Å²) in [5.41, 5.74) is 7.88. The van der Waals surface area contributed by atoms with Crippen molar-refractivity contribution in [3.63, 3.8) is 0 Å². The smallest absolute Gasteiger partial charge is 0.338 e. The number of carbonyl (C=O) groups excluding carboxylic acids is 4. The van der Waals surface area contributed by atoms with Crippen molar-refractivity contribution in [3.05, 3.63) is 153 Å². The largest absolute Gasteiger partial charge is 0.550 e. The molecule has 0 spiro atoms. The number of hydrogen-bond donors (Lipinski definition) is 0. The van der Waals surface area contributed by atoms with Gasteiger partial charge in [0, 0.05) is 58.9 Å². The average molecular weight is 825 g/mol. The molecule has 59 heavy (non-hydrogen) atoms. The van der Waals surface area contributed by atoms with E-state index in [4.69, 9.17) is 4.74 Å². The second-order valence-corrected chi connectivity index (χ2v) is 16.2. The van der Waals surface area contributed by atoms with Crippen LogP contribution in [-0.2, 0) is 20.9 Å². The van der Waals surface area contributed by atoms with Gasteiger partial charge in [-0.1, -0.05) is 71.6 Å². The molecule has 1 aliphatic carbocycles. The Morgan fingerprint density at radius 3 is 2.15 bits per heavy atom. The Bertz CT molecular complexity index is 2500. The summed E-state index contributed by atoms with van der Waals surface area (Å²) in [6.45, 7) is 2.39. The average Bonchev–Trinajstić information content (AvgIpc) is 3.91. The van der Waals surface area contributed by atoms with E-state index < -0.39 is 17.9 Å². The summed E-state index contributed by atoms with van der Waals surface area (Å²) >= 11 is 3.15. The van der Waals surface area contributed by atoms with Crippen LogP contribution >= 0.6 is 23.1 Å². The Balaban J connectivity index is 1.35. The van der Waals surface area contributed by atoms with Gasteiger partial charge in [-0.2, -0.15) is 4.57 Å². The van der Waals surface area contributed by atoms with Gasteiger partial charge in [0.05, 0.1) is 29.1 Å². The number of carbonyl (C=O) groups is 4. The first-order valence-corrected chi connectivity index (χ1v) is 21.0. The van der Waals surface area contributed by atoms with Gasteiger partial charge < -0.3 is 34.3 Å². The highest BCUT2D eigenvalue weighted by Gasteiger charge is 2.29. The Morgan fingerprint density at radius 1 is 0.814 bits per heavy atom. The lowest BCUT2D eigenvalue weighted by Crippen LogP contribution is -2.36. The molecule has 2 heterocycles. The quantitative estimate of drug-likeness (QED) is 0.0559. The first kappa shape index (κ1) is 40.9. The summed E-state index contributed by atoms with van der Waals surface area (Å²) in [5.74, 6) is -2.71. The molecule has 0 saturated carbocycles. The van der Waals surface area contributed by atoms with E-state index in [1.54, 1.807) is 35.2 Å². The van der Waals surface area contributed by atoms with Crippen LogP contribution in [0.3, 0.4) is 0 Å². The second-order valence-electron chi connectivity index (χ2n) is 14.1. The number of aliphatic carboxylic acids is 2. The van der Waals surface area contributed by atoms with E-state index in [2.05, 4.69) is 62.9 Å². The van der Waals surface area contributed by atoms with Crippen LogP contribution < -0.4 is 24.6 Å². The molecule has 0 saturated heterocycles. The van der Waals surface area contributed by atoms with Crippen molar-refractivity contribution in [2.24, 2.45) is 0 Å². The number of thioether (sulfide) groups is 1. The molecule has 0 amide bonds. The summed E-state index contributed by atoms with van der Waals surface area (Å²) in [6, 6.07) is 31.5. The van der Waals surface area contributed by atoms with Crippen molar-refractivity contribution in [3.8, 4) is 0 Å². The topological polar surface area (TPSA) is 134 Å². The molecule has 0 atom stereocenters. The maximum Gasteiger partial charge on any atom is 0.338 e. The molecule has 0 fully saturated rings. The molecule has 300 valence electrons. The van der Waals surface area contributed by atoms with Crippen LogP contribution in [0.15, 0.2) is 142 Å². The molecule has 0 unspecified atom stereocenters. The van der Waals surface area contributed by atoms with Gasteiger partial charge >= 0.3 is 5.97 Å². The van der Waals surface area contributed by atoms with Crippen molar-refractivity contribution >= 4 is 80.1 Å². The van der Waals surface area contributed by atoms with E-state index in [1.165, 1.54) is 14.0 Å². The van der Waals surface area contributed by atoms with Crippen LogP contribution in [0, 0.1) is 0 Å². The molecule has 1 aromatic heterocycles. The third kappa shape index (κ3) is 9.40. The Labute approximate surface area is 351 Å². The van der Waals surface area contributed by atoms with Gasteiger partial charge in [-0.3, -0.25) is 4.79 Å². The number of methoxy groups -OCH3 is 1. The Kier molecular flexibility index (Phi) is 12.9. The van der Waals surface area contributed by atoms with Gasteiger partial charge in [0.25, 0.3) is 5.01 Å². The van der Waals surface area contributed by atoms with E-state index in [1.807, 2.05) is 60.7 Å². The number of allylic oxidation sites excluding steroid dienone is 5. The summed E-state index contributed by atoms with van der Waals surface area (Å²) in [5, 5.41) is 24.6. The molecule has 4 aromatic carbocycles. The van der Waals surface area contributed by atoms with Gasteiger partial charge in [-0.05, 0) is 111 Å². The molecular formula is C47H42N3O7S2-. The van der Waals surface area contributed by atoms with Gasteiger partial charge in [-0.25, -0.2) is 4.79 Å². The predicted octanol–water partition coefficient (Wildman–Crippen LogP) is 7.52. The fourth-order valence-electron chi connectivity index (χ4n) is 7.37. The van der Waals surface area contributed by atoms with E-state index in [-0.39, 0.29) is 18.6 Å². The number of ketones is 1. The highest BCUT2D eigenvalue weighted by atomic mass is 32.2. The molecule has 2 aliphatic rings. The second kappa shape index (κ2) is 18.6. The zero-order valence-electron chi connectivity index (χ0n) is 32.7. The number of fused-ring (bicyclic) bond motifs is 2. The van der Waals surface area contributed by atoms with Crippen LogP contribution in [0.5, 0.6) is 0 Å². The molecule has 10 nitrogen and oxygen atoms in total. The van der Waals surface area contributed by atoms with Crippen molar-refractivity contribution in [1.29, 1.82) is 0 Å². The lowest BCUT2D eigenvalue weighted by Gasteiger charge is -2.28. The van der Waals surface area contributed by atoms with Crippen LogP contribution in [0.25, 0.3) is 16.3 Å². The standard InChI is InChI=1S/C47H43N3O7S2/c1-31(51)34-19-23-40-38(29-34)48(27-9-15-44(52)53)42(58-40)25-21-32-17-18-33(46(32)50(36-11-5-3-6-12-36)37-13-7-4-8-14-37)22-26-43-49(28-10-16-45(54)55)39-30-35(47(56)57-2)20-24-41(39)59-43/h3-8,11-14,19-26,29-30H,9-10,15-18,27-28H2,1-2H3,(H-,52,53,54,55)/p-1. The molecule has 0 N–H and O–H groups in total. The predicted molar refractivity (Wildman–Crippen MR) is 228 cm³/mol. The monoisotopic (exact) mass is 824 g/mol. The normalized spacial score (nSPS) is 15.1. The van der Waals surface area contributed by atoms with Crippen LogP contribution in [0.4, 0.5) is 17.1 Å². The first-order valence-electron chi connectivity index (χ1n) is 19.4. The minimum absolute atomic E-state index is 0.0417. The number of Topliss-reactive ketones (excluding diaryl/α,β-unsaturated/α-hetero) is 1. The van der Waals surface area contributed by atoms with E-state index in [0.29, 0.717) is 37.1 Å². The molecule has 0 radical (unpaired) electrons. The Morgan fingerprint density at radius 2 is 1.49 bits per heavy atom. The third-order valence-corrected chi connectivity index (χ3v) is 12.5. The molecular weight excluding hydrogens is 783 g/mol. The lowest BCUT2D eigenvalue weighted by atomic mass is 10.1. The summed E-state index contributed by atoms with van der Waals surface area (Å²) in [7, 11) is 1.34. The SMILES string of the molecule is COC(=O)c1ccc2sc(/C=C/C3=C(N(c4ccccc4)c4ccccc4)C(=C/C=C4\Sc5ccc(C(C)=O)cc5N4CCCC(=O)[O-])/CC3)[n+](CCCC(=O)[O-])c2c1. The van der Waals surface area contributed by atoms with Gasteiger partial charge in [-0.15, -0.1) is 0 Å². The molecule has 1 aliphatic heterocycles. The highest BCUT2D eigenvalue weighted by Crippen LogP contribution is 2.47. The number of thiazole rings is 1. The van der Waals surface area contributed by atoms with Crippen LogP contribution in [0.1, 0.15) is 71.2 Å². The molecule has 5 aromatic rings. The fraction of sp³-hybridized carbons (Fsp3) is 0.213. The van der Waals surface area contributed by atoms with Crippen LogP contribution in [0.2, 0.25) is 0 Å². The number of benzene rings is 4. The van der Waals surface area contributed by atoms with Crippen molar-refractivity contribution in [2.45, 2.75) is 56.9 Å². The Hall–Kier alpha value is -6.24. The van der Waals surface area contributed by atoms with E-state index in [0.717, 1.165) is 71.9 Å². The number of carboxylic acid groups (broad SMARTS) is 2. The minimum atomic E-state index is -1.11. The number of carboxylic acids is 2. The maximum absolute atomic E-state index is 12.5. The highest BCUT2D eigenvalue weighted by molar-refractivity contribution is 8.03. The summed E-state index contributed by atoms with van der Waals surface area (Å²) < 4.78 is 7.98. The maximum atomic E-state index is 12.5. The summed E-state index contributed by atoms with van der Waals surface area (Å²) in [4.78, 5) is 52.9. The van der Waals surface area contributed by atoms with Gasteiger partial charge in [0.2, 0.25) is 5.52 Å². The number of aromatic nitrogens is 1.